The number of nitrogens with one attached hydrogen (secondary N) is 1. The highest BCUT2D eigenvalue weighted by Crippen LogP contribution is 2.00. The molecular weight excluding hydrogens is 140 g/mol. The van der Waals surface area contributed by atoms with Crippen LogP contribution in [-0.4, -0.2) is 17.3 Å². The molecule has 1 atom stereocenters. The maximum atomic E-state index is 10.1. The van der Waals surface area contributed by atoms with Gasteiger partial charge in [-0.2, -0.15) is 0 Å². The van der Waals surface area contributed by atoms with Crippen LogP contribution in [0.5, 0.6) is 0 Å². The molecule has 0 saturated carbocycles. The summed E-state index contributed by atoms with van der Waals surface area (Å²) >= 11 is 0. The molecule has 1 rings (SSSR count). The third kappa shape index (κ3) is 2.37. The zero-order valence-corrected chi connectivity index (χ0v) is 6.24. The fourth-order valence-corrected chi connectivity index (χ4v) is 0.699. The van der Waals surface area contributed by atoms with E-state index in [1.807, 2.05) is 18.4 Å². The van der Waals surface area contributed by atoms with Crippen molar-refractivity contribution < 1.29 is 4.79 Å². The average Bonchev–Trinajstić information content (AvgIpc) is 2.06. The lowest BCUT2D eigenvalue weighted by Gasteiger charge is -2.05. The van der Waals surface area contributed by atoms with Crippen LogP contribution in [0.25, 0.3) is 0 Å². The fraction of sp³-hybridized carbons (Fsp3) is 0.250. The molecule has 57 valence electrons. The van der Waals surface area contributed by atoms with Gasteiger partial charge < -0.3 is 5.32 Å². The first-order valence-corrected chi connectivity index (χ1v) is 3.38. The molecule has 0 saturated heterocycles. The Morgan fingerprint density at radius 3 is 3.00 bits per heavy atom. The molecule has 0 unspecified atom stereocenters. The van der Waals surface area contributed by atoms with E-state index in [0.29, 0.717) is 5.82 Å². The Balaban J connectivity index is 2.57. The molecule has 0 spiro atoms. The lowest BCUT2D eigenvalue weighted by molar-refractivity contribution is 0.548. The largest absolute Gasteiger partial charge is 0.360 e. The Labute approximate surface area is 65.5 Å². The summed E-state index contributed by atoms with van der Waals surface area (Å²) in [5.41, 5.74) is 0. The summed E-state index contributed by atoms with van der Waals surface area (Å²) in [4.78, 5) is 14.1. The van der Waals surface area contributed by atoms with Crippen molar-refractivity contribution in [2.75, 3.05) is 5.32 Å². The smallest absolute Gasteiger partial charge is 0.222 e. The van der Waals surface area contributed by atoms with E-state index in [2.05, 4.69) is 10.3 Å². The minimum absolute atomic E-state index is 0.301. The van der Waals surface area contributed by atoms with Crippen molar-refractivity contribution in [1.29, 1.82) is 0 Å². The Morgan fingerprint density at radius 2 is 2.45 bits per heavy atom. The van der Waals surface area contributed by atoms with Crippen LogP contribution < -0.4 is 5.32 Å². The second kappa shape index (κ2) is 3.71. The number of pyridine rings is 1. The molecule has 0 aliphatic rings. The molecule has 0 aliphatic carbocycles. The zero-order chi connectivity index (χ0) is 8.10. The maximum absolute atomic E-state index is 10.1. The topological polar surface area (TPSA) is 42.0 Å². The summed E-state index contributed by atoms with van der Waals surface area (Å²) in [7, 11) is 0. The van der Waals surface area contributed by atoms with Crippen molar-refractivity contribution in [3.63, 3.8) is 0 Å². The van der Waals surface area contributed by atoms with Crippen molar-refractivity contribution in [3.8, 4) is 0 Å². The number of carbonyl (C=O) groups excluding carboxylic acids is 1. The van der Waals surface area contributed by atoms with Crippen molar-refractivity contribution in [2.45, 2.75) is 13.0 Å². The molecular formula is C8H9N2O. The molecule has 3 heteroatoms. The molecule has 1 radical (unpaired) electrons. The Morgan fingerprint density at radius 1 is 1.64 bits per heavy atom. The van der Waals surface area contributed by atoms with Gasteiger partial charge in [-0.25, -0.2) is 4.98 Å². The van der Waals surface area contributed by atoms with Crippen LogP contribution in [-0.2, 0) is 4.79 Å². The summed E-state index contributed by atoms with van der Waals surface area (Å²) in [5.74, 6) is 0.698. The van der Waals surface area contributed by atoms with Gasteiger partial charge in [-0.05, 0) is 19.1 Å². The van der Waals surface area contributed by atoms with Gasteiger partial charge >= 0.3 is 0 Å². The normalized spacial score (nSPS) is 12.1. The minimum Gasteiger partial charge on any atom is -0.360 e. The zero-order valence-electron chi connectivity index (χ0n) is 6.24. The number of rotatable bonds is 3. The van der Waals surface area contributed by atoms with Crippen LogP contribution in [0.2, 0.25) is 0 Å². The Kier molecular flexibility index (Phi) is 2.60. The van der Waals surface area contributed by atoms with Gasteiger partial charge in [-0.3, -0.25) is 4.79 Å². The van der Waals surface area contributed by atoms with Gasteiger partial charge in [0.15, 0.2) is 0 Å². The predicted octanol–water partition coefficient (Wildman–Crippen LogP) is 0.992. The van der Waals surface area contributed by atoms with E-state index < -0.39 is 0 Å². The van der Waals surface area contributed by atoms with E-state index in [1.54, 1.807) is 19.2 Å². The molecule has 1 aromatic heterocycles. The van der Waals surface area contributed by atoms with E-state index in [-0.39, 0.29) is 6.04 Å². The van der Waals surface area contributed by atoms with E-state index in [0.717, 1.165) is 0 Å². The number of aromatic nitrogens is 1. The number of nitrogens with zero attached hydrogens (tertiary/aromatic N) is 1. The van der Waals surface area contributed by atoms with Gasteiger partial charge in [0.1, 0.15) is 5.82 Å². The molecule has 11 heavy (non-hydrogen) atoms. The van der Waals surface area contributed by atoms with Crippen LogP contribution in [0.1, 0.15) is 6.92 Å². The minimum atomic E-state index is -0.301. The molecule has 0 bridgehead atoms. The highest BCUT2D eigenvalue weighted by Gasteiger charge is 1.98. The summed E-state index contributed by atoms with van der Waals surface area (Å²) < 4.78 is 0. The van der Waals surface area contributed by atoms with Crippen molar-refractivity contribution in [3.05, 3.63) is 24.4 Å². The fourth-order valence-electron chi connectivity index (χ4n) is 0.699. The van der Waals surface area contributed by atoms with Gasteiger partial charge in [-0.15, -0.1) is 0 Å². The second-order valence-electron chi connectivity index (χ2n) is 2.20. The van der Waals surface area contributed by atoms with Gasteiger partial charge in [0.2, 0.25) is 6.29 Å². The molecule has 1 N–H and O–H groups in total. The summed E-state index contributed by atoms with van der Waals surface area (Å²) in [6.45, 7) is 1.72. The Bertz CT molecular complexity index is 223. The van der Waals surface area contributed by atoms with Crippen LogP contribution in [0.15, 0.2) is 24.4 Å². The van der Waals surface area contributed by atoms with Crippen molar-refractivity contribution in [1.82, 2.24) is 4.98 Å². The number of hydrogen-bond donors (Lipinski definition) is 1. The third-order valence-corrected chi connectivity index (χ3v) is 1.21. The SMILES string of the molecule is C[C@H]([C]=O)Nc1ccccn1. The second-order valence-corrected chi connectivity index (χ2v) is 2.20. The molecule has 0 aliphatic heterocycles. The first-order chi connectivity index (χ1) is 5.33. The predicted molar refractivity (Wildman–Crippen MR) is 43.0 cm³/mol. The summed E-state index contributed by atoms with van der Waals surface area (Å²) in [6, 6.07) is 5.17. The van der Waals surface area contributed by atoms with E-state index in [9.17, 15) is 4.79 Å². The number of anilines is 1. The highest BCUT2D eigenvalue weighted by atomic mass is 16.1. The highest BCUT2D eigenvalue weighted by molar-refractivity contribution is 5.62. The van der Waals surface area contributed by atoms with Gasteiger partial charge in [0, 0.05) is 6.20 Å². The molecule has 3 nitrogen and oxygen atoms in total. The molecule has 0 fully saturated rings. The maximum Gasteiger partial charge on any atom is 0.222 e. The molecule has 1 aromatic rings. The van der Waals surface area contributed by atoms with Crippen molar-refractivity contribution >= 4 is 12.1 Å². The number of hydrogen-bond acceptors (Lipinski definition) is 3. The lowest BCUT2D eigenvalue weighted by atomic mass is 10.3. The van der Waals surface area contributed by atoms with E-state index in [4.69, 9.17) is 0 Å². The van der Waals surface area contributed by atoms with Crippen LogP contribution >= 0.6 is 0 Å². The first-order valence-electron chi connectivity index (χ1n) is 3.38. The summed E-state index contributed by atoms with van der Waals surface area (Å²) in [6.07, 6.45) is 3.48. The monoisotopic (exact) mass is 149 g/mol. The Hall–Kier alpha value is -1.38. The summed E-state index contributed by atoms with van der Waals surface area (Å²) in [5, 5.41) is 2.86. The third-order valence-electron chi connectivity index (χ3n) is 1.21. The van der Waals surface area contributed by atoms with Crippen LogP contribution in [0, 0.1) is 0 Å². The standard InChI is InChI=1S/C8H9N2O/c1-7(6-11)10-8-4-2-3-5-9-8/h2-5,7H,1H3,(H,9,10)/t7-/m1/s1. The average molecular weight is 149 g/mol. The molecule has 0 aromatic carbocycles. The van der Waals surface area contributed by atoms with Gasteiger partial charge in [0.05, 0.1) is 6.04 Å². The van der Waals surface area contributed by atoms with Crippen LogP contribution in [0.4, 0.5) is 5.82 Å². The van der Waals surface area contributed by atoms with Gasteiger partial charge in [-0.1, -0.05) is 6.07 Å². The lowest BCUT2D eigenvalue weighted by Crippen LogP contribution is -2.16. The quantitative estimate of drug-likeness (QED) is 0.696. The molecule has 1 heterocycles. The van der Waals surface area contributed by atoms with Crippen LogP contribution in [0.3, 0.4) is 0 Å². The molecule has 0 amide bonds. The first kappa shape index (κ1) is 7.72. The van der Waals surface area contributed by atoms with Gasteiger partial charge in [0.25, 0.3) is 0 Å². The van der Waals surface area contributed by atoms with E-state index in [1.165, 1.54) is 0 Å². The van der Waals surface area contributed by atoms with E-state index >= 15 is 0 Å². The van der Waals surface area contributed by atoms with Crippen molar-refractivity contribution in [2.24, 2.45) is 0 Å².